The summed E-state index contributed by atoms with van der Waals surface area (Å²) in [5, 5.41) is 9.66. The van der Waals surface area contributed by atoms with Gasteiger partial charge in [-0.05, 0) is 32.1 Å². The van der Waals surface area contributed by atoms with Gasteiger partial charge in [0.2, 0.25) is 0 Å². The number of allylic oxidation sites excluding steroid dienone is 2. The van der Waals surface area contributed by atoms with Crippen LogP contribution in [-0.2, 0) is 33.3 Å². The molecule has 0 aromatic heterocycles. The normalized spacial score (nSPS) is 12.7. The number of likely N-dealkylation sites (N-methyl/N-ethyl adjacent to an activating group) is 1. The van der Waals surface area contributed by atoms with Crippen molar-refractivity contribution in [3.8, 4) is 0 Å². The highest BCUT2D eigenvalue weighted by Gasteiger charge is 2.25. The highest BCUT2D eigenvalue weighted by molar-refractivity contribution is 5.71. The molecular formula is C62H120NO8+. The van der Waals surface area contributed by atoms with Crippen LogP contribution in [0.15, 0.2) is 12.2 Å². The number of esters is 2. The molecule has 0 heterocycles. The van der Waals surface area contributed by atoms with Crippen LogP contribution in [0.25, 0.3) is 0 Å². The van der Waals surface area contributed by atoms with Gasteiger partial charge in [-0.3, -0.25) is 9.59 Å². The fourth-order valence-corrected chi connectivity index (χ4v) is 9.26. The SMILES string of the molecule is CCC/C=C\CCCCCCCC(=O)OC(COC(=O)CCCCCCCCCCCCCCCCCCCCCCCCCCCCCCCCCCCCCC)COC(OCC[N+](C)(C)C)C(=O)O. The average Bonchev–Trinajstić information content (AvgIpc) is 3.34. The second kappa shape index (κ2) is 54.3. The van der Waals surface area contributed by atoms with Gasteiger partial charge in [0.15, 0.2) is 6.10 Å². The highest BCUT2D eigenvalue weighted by atomic mass is 16.7. The molecule has 0 aromatic carbocycles. The number of unbranched alkanes of at least 4 members (excludes halogenated alkanes) is 41. The Morgan fingerprint density at radius 3 is 1.10 bits per heavy atom. The van der Waals surface area contributed by atoms with Crippen molar-refractivity contribution in [1.29, 1.82) is 0 Å². The number of hydrogen-bond acceptors (Lipinski definition) is 7. The first-order valence-corrected chi connectivity index (χ1v) is 30.9. The molecule has 0 saturated heterocycles. The molecule has 0 amide bonds. The van der Waals surface area contributed by atoms with Gasteiger partial charge < -0.3 is 28.5 Å². The van der Waals surface area contributed by atoms with Crippen LogP contribution in [0.4, 0.5) is 0 Å². The predicted molar refractivity (Wildman–Crippen MR) is 300 cm³/mol. The number of hydrogen-bond donors (Lipinski definition) is 1. The number of carbonyl (C=O) groups excluding carboxylic acids is 2. The molecule has 0 rings (SSSR count). The third-order valence-electron chi connectivity index (χ3n) is 14.0. The standard InChI is InChI=1S/C62H119NO8/c1-6-8-10-12-14-16-18-19-20-21-22-23-24-25-26-27-28-29-30-31-32-33-34-35-36-37-38-39-40-41-42-43-45-46-48-50-52-59(64)69-56-58(57-70-62(61(66)67)68-55-54-63(3,4)5)71-60(65)53-51-49-47-44-17-15-13-11-9-7-2/h11,13,58,62H,6-10,12,14-57H2,1-5H3/p+1/b13-11-. The molecule has 9 heteroatoms. The molecule has 0 bridgehead atoms. The quantitative estimate of drug-likeness (QED) is 0.0211. The van der Waals surface area contributed by atoms with Gasteiger partial charge in [-0.2, -0.15) is 0 Å². The van der Waals surface area contributed by atoms with E-state index in [2.05, 4.69) is 26.0 Å². The van der Waals surface area contributed by atoms with Crippen LogP contribution in [0.5, 0.6) is 0 Å². The van der Waals surface area contributed by atoms with E-state index < -0.39 is 24.3 Å². The minimum atomic E-state index is -1.51. The number of carboxylic acid groups (broad SMARTS) is 1. The van der Waals surface area contributed by atoms with E-state index in [9.17, 15) is 19.5 Å². The first-order valence-electron chi connectivity index (χ1n) is 30.9. The Morgan fingerprint density at radius 2 is 0.746 bits per heavy atom. The summed E-state index contributed by atoms with van der Waals surface area (Å²) < 4.78 is 22.8. The minimum absolute atomic E-state index is 0.180. The van der Waals surface area contributed by atoms with E-state index in [4.69, 9.17) is 18.9 Å². The Bertz CT molecular complexity index is 1170. The van der Waals surface area contributed by atoms with E-state index in [1.54, 1.807) is 0 Å². The smallest absolute Gasteiger partial charge is 0.361 e. The second-order valence-corrected chi connectivity index (χ2v) is 22.4. The van der Waals surface area contributed by atoms with Gasteiger partial charge in [-0.1, -0.05) is 276 Å². The monoisotopic (exact) mass is 1010 g/mol. The fraction of sp³-hybridized carbons (Fsp3) is 0.919. The van der Waals surface area contributed by atoms with Gasteiger partial charge >= 0.3 is 17.9 Å². The molecule has 0 spiro atoms. The average molecular weight is 1010 g/mol. The largest absolute Gasteiger partial charge is 0.477 e. The van der Waals surface area contributed by atoms with Crippen LogP contribution in [0, 0.1) is 0 Å². The Morgan fingerprint density at radius 1 is 0.408 bits per heavy atom. The zero-order valence-corrected chi connectivity index (χ0v) is 47.9. The first-order chi connectivity index (χ1) is 34.6. The third kappa shape index (κ3) is 55.6. The molecule has 0 aromatic rings. The van der Waals surface area contributed by atoms with Crippen molar-refractivity contribution < 1.29 is 42.9 Å². The van der Waals surface area contributed by atoms with Gasteiger partial charge in [0, 0.05) is 12.8 Å². The van der Waals surface area contributed by atoms with E-state index in [0.29, 0.717) is 23.9 Å². The van der Waals surface area contributed by atoms with Crippen molar-refractivity contribution in [1.82, 2.24) is 0 Å². The molecule has 2 atom stereocenters. The number of quaternary nitrogens is 1. The maximum Gasteiger partial charge on any atom is 0.361 e. The Hall–Kier alpha value is -1.97. The second-order valence-electron chi connectivity index (χ2n) is 22.4. The Labute approximate surface area is 440 Å². The summed E-state index contributed by atoms with van der Waals surface area (Å²) in [4.78, 5) is 37.2. The van der Waals surface area contributed by atoms with Gasteiger partial charge in [0.25, 0.3) is 6.29 Å². The molecule has 420 valence electrons. The van der Waals surface area contributed by atoms with Crippen LogP contribution >= 0.6 is 0 Å². The summed E-state index contributed by atoms with van der Waals surface area (Å²) in [6, 6.07) is 0. The Balaban J connectivity index is 3.85. The maximum absolute atomic E-state index is 12.8. The van der Waals surface area contributed by atoms with Gasteiger partial charge in [-0.25, -0.2) is 4.79 Å². The summed E-state index contributed by atoms with van der Waals surface area (Å²) in [6.45, 7) is 4.84. The van der Waals surface area contributed by atoms with E-state index in [1.807, 2.05) is 21.1 Å². The molecule has 0 aliphatic heterocycles. The van der Waals surface area contributed by atoms with Crippen molar-refractivity contribution in [3.05, 3.63) is 12.2 Å². The molecule has 1 N–H and O–H groups in total. The summed E-state index contributed by atoms with van der Waals surface area (Å²) in [6.07, 6.45) is 60.7. The summed E-state index contributed by atoms with van der Waals surface area (Å²) in [5.74, 6) is -2.00. The predicted octanol–water partition coefficient (Wildman–Crippen LogP) is 18.1. The molecule has 2 unspecified atom stereocenters. The highest BCUT2D eigenvalue weighted by Crippen LogP contribution is 2.18. The topological polar surface area (TPSA) is 108 Å². The van der Waals surface area contributed by atoms with E-state index >= 15 is 0 Å². The minimum Gasteiger partial charge on any atom is -0.477 e. The molecule has 0 radical (unpaired) electrons. The lowest BCUT2D eigenvalue weighted by Crippen LogP contribution is -2.40. The van der Waals surface area contributed by atoms with Crippen LogP contribution in [0.2, 0.25) is 0 Å². The molecule has 71 heavy (non-hydrogen) atoms. The fourth-order valence-electron chi connectivity index (χ4n) is 9.26. The van der Waals surface area contributed by atoms with E-state index in [-0.39, 0.29) is 32.2 Å². The number of nitrogens with zero attached hydrogens (tertiary/aromatic N) is 1. The number of carboxylic acids is 1. The maximum atomic E-state index is 12.8. The molecule has 0 aliphatic carbocycles. The van der Waals surface area contributed by atoms with E-state index in [1.165, 1.54) is 218 Å². The van der Waals surface area contributed by atoms with Crippen molar-refractivity contribution in [2.75, 3.05) is 47.5 Å². The van der Waals surface area contributed by atoms with Crippen LogP contribution < -0.4 is 0 Å². The van der Waals surface area contributed by atoms with Crippen LogP contribution in [0.1, 0.15) is 309 Å². The summed E-state index contributed by atoms with van der Waals surface area (Å²) in [7, 11) is 5.97. The van der Waals surface area contributed by atoms with Crippen LogP contribution in [-0.4, -0.2) is 87.4 Å². The van der Waals surface area contributed by atoms with Crippen molar-refractivity contribution in [2.24, 2.45) is 0 Å². The summed E-state index contributed by atoms with van der Waals surface area (Å²) in [5.41, 5.74) is 0. The molecule has 0 aliphatic rings. The van der Waals surface area contributed by atoms with Gasteiger partial charge in [0.1, 0.15) is 13.2 Å². The van der Waals surface area contributed by atoms with Crippen molar-refractivity contribution in [3.63, 3.8) is 0 Å². The van der Waals surface area contributed by atoms with Crippen molar-refractivity contribution in [2.45, 2.75) is 322 Å². The van der Waals surface area contributed by atoms with Gasteiger partial charge in [-0.15, -0.1) is 0 Å². The summed E-state index contributed by atoms with van der Waals surface area (Å²) >= 11 is 0. The lowest BCUT2D eigenvalue weighted by molar-refractivity contribution is -0.870. The van der Waals surface area contributed by atoms with Gasteiger partial charge in [0.05, 0.1) is 34.4 Å². The Kier molecular flexibility index (Phi) is 52.8. The lowest BCUT2D eigenvalue weighted by Gasteiger charge is -2.25. The molecule has 0 saturated carbocycles. The molecule has 9 nitrogen and oxygen atoms in total. The molecular weight excluding hydrogens is 887 g/mol. The van der Waals surface area contributed by atoms with Crippen molar-refractivity contribution >= 4 is 17.9 Å². The third-order valence-corrected chi connectivity index (χ3v) is 14.0. The van der Waals surface area contributed by atoms with E-state index in [0.717, 1.165) is 57.8 Å². The number of ether oxygens (including phenoxy) is 4. The number of carbonyl (C=O) groups is 3. The molecule has 0 fully saturated rings. The van der Waals surface area contributed by atoms with Crippen LogP contribution in [0.3, 0.4) is 0 Å². The lowest BCUT2D eigenvalue weighted by atomic mass is 10.0. The number of aliphatic carboxylic acids is 1. The first kappa shape index (κ1) is 69.0. The number of rotatable bonds is 58. The zero-order chi connectivity index (χ0) is 52.0. The zero-order valence-electron chi connectivity index (χ0n) is 47.9.